The molecule has 1 fully saturated rings. The number of piperidine rings is 1. The molecule has 2 amide bonds. The van der Waals surface area contributed by atoms with Crippen LogP contribution in [0.3, 0.4) is 0 Å². The van der Waals surface area contributed by atoms with Crippen LogP contribution in [0.1, 0.15) is 31.1 Å². The van der Waals surface area contributed by atoms with Crippen LogP contribution in [-0.4, -0.2) is 35.1 Å². The van der Waals surface area contributed by atoms with Crippen LogP contribution in [0.2, 0.25) is 0 Å². The van der Waals surface area contributed by atoms with E-state index >= 15 is 0 Å². The van der Waals surface area contributed by atoms with Crippen molar-refractivity contribution in [3.05, 3.63) is 20.8 Å². The van der Waals surface area contributed by atoms with E-state index in [4.69, 9.17) is 0 Å². The van der Waals surface area contributed by atoms with Gasteiger partial charge in [-0.25, -0.2) is 4.79 Å². The molecule has 7 heteroatoms. The molecule has 1 aromatic rings. The van der Waals surface area contributed by atoms with Gasteiger partial charge < -0.3 is 15.3 Å². The molecule has 0 bridgehead atoms. The van der Waals surface area contributed by atoms with Crippen LogP contribution in [0.5, 0.6) is 0 Å². The topological polar surface area (TPSA) is 69.6 Å². The normalized spacial score (nSPS) is 22.1. The lowest BCUT2D eigenvalue weighted by Gasteiger charge is -2.39. The smallest absolute Gasteiger partial charge is 0.317 e. The van der Waals surface area contributed by atoms with E-state index in [1.54, 1.807) is 16.2 Å². The van der Waals surface area contributed by atoms with Crippen LogP contribution in [0.15, 0.2) is 15.9 Å². The van der Waals surface area contributed by atoms with E-state index in [9.17, 15) is 14.7 Å². The summed E-state index contributed by atoms with van der Waals surface area (Å²) in [4.78, 5) is 26.4. The van der Waals surface area contributed by atoms with Crippen LogP contribution in [0, 0.1) is 5.41 Å². The van der Waals surface area contributed by atoms with Crippen LogP contribution in [-0.2, 0) is 11.3 Å². The Labute approximate surface area is 136 Å². The number of urea groups is 1. The maximum atomic E-state index is 12.2. The van der Waals surface area contributed by atoms with Crippen molar-refractivity contribution < 1.29 is 14.7 Å². The summed E-state index contributed by atoms with van der Waals surface area (Å²) in [5, 5.41) is 14.3. The standard InChI is InChI=1S/C14H19BrN2O3S/c1-2-14(12(18)19)5-3-6-17(9-14)13(20)16-8-11-10(15)4-7-21-11/h4,7H,2-3,5-6,8-9H2,1H3,(H,16,20)(H,18,19). The average Bonchev–Trinajstić information content (AvgIpc) is 2.89. The summed E-state index contributed by atoms with van der Waals surface area (Å²) in [6.45, 7) is 3.24. The van der Waals surface area contributed by atoms with Gasteiger partial charge >= 0.3 is 12.0 Å². The number of halogens is 1. The third-order valence-electron chi connectivity index (χ3n) is 4.09. The molecule has 0 aliphatic carbocycles. The lowest BCUT2D eigenvalue weighted by atomic mass is 9.78. The molecule has 2 rings (SSSR count). The van der Waals surface area contributed by atoms with E-state index in [1.807, 2.05) is 18.4 Å². The van der Waals surface area contributed by atoms with Gasteiger partial charge in [-0.3, -0.25) is 4.79 Å². The van der Waals surface area contributed by atoms with Gasteiger partial charge in [-0.05, 0) is 46.6 Å². The number of aliphatic carboxylic acids is 1. The molecule has 21 heavy (non-hydrogen) atoms. The van der Waals surface area contributed by atoms with Crippen molar-refractivity contribution in [2.45, 2.75) is 32.7 Å². The van der Waals surface area contributed by atoms with E-state index < -0.39 is 11.4 Å². The van der Waals surface area contributed by atoms with E-state index in [0.717, 1.165) is 15.8 Å². The quantitative estimate of drug-likeness (QED) is 0.849. The first-order chi connectivity index (χ1) is 9.98. The number of hydrogen-bond donors (Lipinski definition) is 2. The highest BCUT2D eigenvalue weighted by atomic mass is 79.9. The van der Waals surface area contributed by atoms with Gasteiger partial charge in [-0.2, -0.15) is 0 Å². The molecule has 1 aliphatic rings. The van der Waals surface area contributed by atoms with Gasteiger partial charge in [0.2, 0.25) is 0 Å². The summed E-state index contributed by atoms with van der Waals surface area (Å²) >= 11 is 5.00. The van der Waals surface area contributed by atoms with Gasteiger partial charge in [0.1, 0.15) is 0 Å². The number of carboxylic acids is 1. The first-order valence-corrected chi connectivity index (χ1v) is 8.64. The van der Waals surface area contributed by atoms with Gasteiger partial charge in [-0.1, -0.05) is 6.92 Å². The molecule has 0 aromatic carbocycles. The van der Waals surface area contributed by atoms with E-state index in [1.165, 1.54) is 0 Å². The minimum atomic E-state index is -0.802. The molecule has 5 nitrogen and oxygen atoms in total. The Kier molecular flexibility index (Phi) is 5.27. The molecular formula is C14H19BrN2O3S. The lowest BCUT2D eigenvalue weighted by Crippen LogP contribution is -2.52. The molecule has 1 unspecified atom stereocenters. The second kappa shape index (κ2) is 6.79. The van der Waals surface area contributed by atoms with Gasteiger partial charge in [0.25, 0.3) is 0 Å². The number of nitrogens with one attached hydrogen (secondary N) is 1. The maximum Gasteiger partial charge on any atom is 0.317 e. The molecule has 0 spiro atoms. The number of nitrogens with zero attached hydrogens (tertiary/aromatic N) is 1. The molecule has 2 N–H and O–H groups in total. The zero-order chi connectivity index (χ0) is 15.5. The maximum absolute atomic E-state index is 12.2. The number of carbonyl (C=O) groups is 2. The molecule has 0 radical (unpaired) electrons. The lowest BCUT2D eigenvalue weighted by molar-refractivity contribution is -0.152. The second-order valence-electron chi connectivity index (χ2n) is 5.31. The molecule has 2 heterocycles. The van der Waals surface area contributed by atoms with Crippen molar-refractivity contribution in [3.8, 4) is 0 Å². The summed E-state index contributed by atoms with van der Waals surface area (Å²) < 4.78 is 0.986. The predicted octanol–water partition coefficient (Wildman–Crippen LogP) is 3.30. The van der Waals surface area contributed by atoms with Crippen LogP contribution < -0.4 is 5.32 Å². The number of hydrogen-bond acceptors (Lipinski definition) is 3. The third kappa shape index (κ3) is 3.58. The fourth-order valence-corrected chi connectivity index (χ4v) is 4.07. The molecule has 116 valence electrons. The van der Waals surface area contributed by atoms with E-state index in [-0.39, 0.29) is 12.6 Å². The Morgan fingerprint density at radius 2 is 2.33 bits per heavy atom. The van der Waals surface area contributed by atoms with Crippen molar-refractivity contribution in [2.24, 2.45) is 5.41 Å². The number of carboxylic acid groups (broad SMARTS) is 1. The third-order valence-corrected chi connectivity index (χ3v) is 6.01. The van der Waals surface area contributed by atoms with Gasteiger partial charge in [0.05, 0.1) is 12.0 Å². The summed E-state index contributed by atoms with van der Waals surface area (Å²) in [6.07, 6.45) is 1.91. The highest BCUT2D eigenvalue weighted by Gasteiger charge is 2.42. The Morgan fingerprint density at radius 1 is 1.57 bits per heavy atom. The fraction of sp³-hybridized carbons (Fsp3) is 0.571. The average molecular weight is 375 g/mol. The summed E-state index contributed by atoms with van der Waals surface area (Å²) in [6, 6.07) is 1.76. The van der Waals surface area contributed by atoms with Crippen LogP contribution in [0.25, 0.3) is 0 Å². The molecule has 1 atom stereocenters. The van der Waals surface area contributed by atoms with Crippen LogP contribution >= 0.6 is 27.3 Å². The molecule has 1 aliphatic heterocycles. The minimum Gasteiger partial charge on any atom is -0.481 e. The molecule has 1 aromatic heterocycles. The zero-order valence-corrected chi connectivity index (χ0v) is 14.3. The Morgan fingerprint density at radius 3 is 2.90 bits per heavy atom. The van der Waals surface area contributed by atoms with E-state index in [0.29, 0.717) is 25.9 Å². The fourth-order valence-electron chi connectivity index (χ4n) is 2.64. The van der Waals surface area contributed by atoms with Crippen molar-refractivity contribution in [3.63, 3.8) is 0 Å². The zero-order valence-electron chi connectivity index (χ0n) is 11.9. The first kappa shape index (κ1) is 16.3. The number of rotatable bonds is 4. The van der Waals surface area contributed by atoms with E-state index in [2.05, 4.69) is 21.2 Å². The highest BCUT2D eigenvalue weighted by molar-refractivity contribution is 9.10. The first-order valence-electron chi connectivity index (χ1n) is 6.96. The number of likely N-dealkylation sites (tertiary alicyclic amines) is 1. The van der Waals surface area contributed by atoms with Crippen LogP contribution in [0.4, 0.5) is 4.79 Å². The minimum absolute atomic E-state index is 0.186. The van der Waals surface area contributed by atoms with Crippen molar-refractivity contribution in [2.75, 3.05) is 13.1 Å². The Bertz CT molecular complexity index is 534. The SMILES string of the molecule is CCC1(C(=O)O)CCCN(C(=O)NCc2sccc2Br)C1. The van der Waals surface area contributed by atoms with Crippen molar-refractivity contribution in [1.82, 2.24) is 10.2 Å². The van der Waals surface area contributed by atoms with Crippen molar-refractivity contribution in [1.29, 1.82) is 0 Å². The number of carbonyl (C=O) groups excluding carboxylic acids is 1. The van der Waals surface area contributed by atoms with Gasteiger partial charge in [0, 0.05) is 22.4 Å². The predicted molar refractivity (Wildman–Crippen MR) is 85.4 cm³/mol. The largest absolute Gasteiger partial charge is 0.481 e. The monoisotopic (exact) mass is 374 g/mol. The Hall–Kier alpha value is -1.08. The highest BCUT2D eigenvalue weighted by Crippen LogP contribution is 2.33. The molecule has 1 saturated heterocycles. The van der Waals surface area contributed by atoms with Crippen molar-refractivity contribution >= 4 is 39.3 Å². The molecule has 0 saturated carbocycles. The number of thiophene rings is 1. The van der Waals surface area contributed by atoms with Gasteiger partial charge in [-0.15, -0.1) is 11.3 Å². The molecular weight excluding hydrogens is 356 g/mol. The second-order valence-corrected chi connectivity index (χ2v) is 7.17. The number of amides is 2. The van der Waals surface area contributed by atoms with Gasteiger partial charge in [0.15, 0.2) is 0 Å². The summed E-state index contributed by atoms with van der Waals surface area (Å²) in [5.41, 5.74) is -0.793. The summed E-state index contributed by atoms with van der Waals surface area (Å²) in [5.74, 6) is -0.802. The Balaban J connectivity index is 1.96. The summed E-state index contributed by atoms with van der Waals surface area (Å²) in [7, 11) is 0.